The van der Waals surface area contributed by atoms with Crippen molar-refractivity contribution in [1.29, 1.82) is 0 Å². The van der Waals surface area contributed by atoms with Crippen LogP contribution in [0, 0.1) is 11.3 Å². The second-order valence-corrected chi connectivity index (χ2v) is 6.44. The Labute approximate surface area is 115 Å². The largest absolute Gasteiger partial charge is 0.481 e. The zero-order valence-electron chi connectivity index (χ0n) is 12.7. The van der Waals surface area contributed by atoms with Crippen molar-refractivity contribution in [3.8, 4) is 0 Å². The summed E-state index contributed by atoms with van der Waals surface area (Å²) < 4.78 is 5.41. The number of allylic oxidation sites excluding steroid dienone is 1. The molecule has 0 aromatic carbocycles. The molecule has 0 saturated carbocycles. The smallest absolute Gasteiger partial charge is 0.313 e. The van der Waals surface area contributed by atoms with E-state index in [0.29, 0.717) is 12.8 Å². The van der Waals surface area contributed by atoms with E-state index in [-0.39, 0.29) is 12.3 Å². The molecular weight excluding hydrogens is 244 g/mol. The molecular formula is C15H26O4. The molecule has 1 N–H and O–H groups in total. The van der Waals surface area contributed by atoms with Crippen molar-refractivity contribution in [2.75, 3.05) is 0 Å². The van der Waals surface area contributed by atoms with Crippen LogP contribution >= 0.6 is 0 Å². The first-order valence-corrected chi connectivity index (χ1v) is 6.58. The van der Waals surface area contributed by atoms with E-state index in [1.54, 1.807) is 26.8 Å². The third kappa shape index (κ3) is 6.41. The highest BCUT2D eigenvalue weighted by molar-refractivity contribution is 5.83. The van der Waals surface area contributed by atoms with Gasteiger partial charge in [0.25, 0.3) is 0 Å². The fraction of sp³-hybridized carbons (Fsp3) is 0.733. The number of carboxylic acids is 1. The lowest BCUT2D eigenvalue weighted by Crippen LogP contribution is -2.40. The van der Waals surface area contributed by atoms with Gasteiger partial charge in [0, 0.05) is 0 Å². The molecule has 4 nitrogen and oxygen atoms in total. The van der Waals surface area contributed by atoms with Gasteiger partial charge in [-0.25, -0.2) is 0 Å². The maximum Gasteiger partial charge on any atom is 0.313 e. The van der Waals surface area contributed by atoms with Crippen LogP contribution in [0.25, 0.3) is 0 Å². The lowest BCUT2D eigenvalue weighted by Gasteiger charge is -2.34. The van der Waals surface area contributed by atoms with Crippen LogP contribution < -0.4 is 0 Å². The molecule has 0 aromatic heterocycles. The zero-order valence-corrected chi connectivity index (χ0v) is 12.7. The molecule has 0 bridgehead atoms. The Morgan fingerprint density at radius 2 is 1.84 bits per heavy atom. The minimum Gasteiger partial charge on any atom is -0.481 e. The van der Waals surface area contributed by atoms with E-state index < -0.39 is 23.0 Å². The number of hydrogen-bond donors (Lipinski definition) is 1. The fourth-order valence-corrected chi connectivity index (χ4v) is 2.20. The molecule has 0 rings (SSSR count). The lowest BCUT2D eigenvalue weighted by molar-refractivity contribution is -0.172. The number of hydrogen-bond acceptors (Lipinski definition) is 3. The molecule has 19 heavy (non-hydrogen) atoms. The summed E-state index contributed by atoms with van der Waals surface area (Å²) in [5.74, 6) is -1.24. The van der Waals surface area contributed by atoms with Gasteiger partial charge < -0.3 is 9.84 Å². The number of carboxylic acid groups (broad SMARTS) is 1. The third-order valence-corrected chi connectivity index (χ3v) is 2.66. The minimum atomic E-state index is -1.02. The fourth-order valence-electron chi connectivity index (χ4n) is 2.20. The topological polar surface area (TPSA) is 63.6 Å². The first kappa shape index (κ1) is 17.7. The first-order valence-electron chi connectivity index (χ1n) is 6.58. The Kier molecular flexibility index (Phi) is 6.27. The van der Waals surface area contributed by atoms with Gasteiger partial charge in [-0.15, -0.1) is 6.58 Å². The van der Waals surface area contributed by atoms with Gasteiger partial charge in [-0.1, -0.05) is 19.9 Å². The van der Waals surface area contributed by atoms with Gasteiger partial charge >= 0.3 is 11.9 Å². The number of esters is 1. The first-order chi connectivity index (χ1) is 8.52. The Balaban J connectivity index is 5.34. The molecule has 0 aliphatic heterocycles. The molecule has 0 radical (unpaired) electrons. The Bertz CT molecular complexity index is 339. The van der Waals surface area contributed by atoms with E-state index in [1.165, 1.54) is 0 Å². The highest BCUT2D eigenvalue weighted by Gasteiger charge is 2.43. The molecule has 0 unspecified atom stereocenters. The highest BCUT2D eigenvalue weighted by Crippen LogP contribution is 2.37. The van der Waals surface area contributed by atoms with Crippen molar-refractivity contribution in [2.45, 2.75) is 59.5 Å². The van der Waals surface area contributed by atoms with Gasteiger partial charge in [0.1, 0.15) is 5.60 Å². The van der Waals surface area contributed by atoms with E-state index in [4.69, 9.17) is 9.84 Å². The van der Waals surface area contributed by atoms with Crippen molar-refractivity contribution in [1.82, 2.24) is 0 Å². The second kappa shape index (κ2) is 6.73. The third-order valence-electron chi connectivity index (χ3n) is 2.66. The van der Waals surface area contributed by atoms with Crippen LogP contribution in [0.5, 0.6) is 0 Å². The summed E-state index contributed by atoms with van der Waals surface area (Å²) in [6, 6.07) is 0. The number of carbonyl (C=O) groups excluding carboxylic acids is 1. The van der Waals surface area contributed by atoms with Gasteiger partial charge in [-0.05, 0) is 39.5 Å². The van der Waals surface area contributed by atoms with Crippen LogP contribution in [-0.2, 0) is 14.3 Å². The van der Waals surface area contributed by atoms with Gasteiger partial charge in [-0.2, -0.15) is 0 Å². The predicted octanol–water partition coefficient (Wildman–Crippen LogP) is 3.41. The van der Waals surface area contributed by atoms with Gasteiger partial charge in [0.2, 0.25) is 0 Å². The number of ether oxygens (including phenoxy) is 1. The summed E-state index contributed by atoms with van der Waals surface area (Å²) in [6.45, 7) is 12.9. The zero-order chi connectivity index (χ0) is 15.3. The number of rotatable bonds is 7. The maximum absolute atomic E-state index is 12.4. The van der Waals surface area contributed by atoms with E-state index in [9.17, 15) is 9.59 Å². The Morgan fingerprint density at radius 3 is 2.16 bits per heavy atom. The average molecular weight is 270 g/mol. The van der Waals surface area contributed by atoms with E-state index >= 15 is 0 Å². The van der Waals surface area contributed by atoms with Crippen molar-refractivity contribution in [3.63, 3.8) is 0 Å². The molecule has 0 fully saturated rings. The van der Waals surface area contributed by atoms with E-state index in [0.717, 1.165) is 0 Å². The lowest BCUT2D eigenvalue weighted by atomic mass is 9.74. The molecule has 4 heteroatoms. The highest BCUT2D eigenvalue weighted by atomic mass is 16.6. The van der Waals surface area contributed by atoms with Crippen molar-refractivity contribution < 1.29 is 19.4 Å². The van der Waals surface area contributed by atoms with Crippen LogP contribution in [-0.4, -0.2) is 22.6 Å². The summed E-state index contributed by atoms with van der Waals surface area (Å²) in [6.07, 6.45) is 2.15. The van der Waals surface area contributed by atoms with Crippen molar-refractivity contribution in [2.24, 2.45) is 11.3 Å². The summed E-state index contributed by atoms with van der Waals surface area (Å²) >= 11 is 0. The molecule has 1 atom stereocenters. The average Bonchev–Trinajstić information content (AvgIpc) is 2.12. The minimum absolute atomic E-state index is 0.201. The molecule has 0 heterocycles. The Morgan fingerprint density at radius 1 is 1.32 bits per heavy atom. The molecule has 0 amide bonds. The summed E-state index contributed by atoms with van der Waals surface area (Å²) in [5, 5.41) is 9.09. The van der Waals surface area contributed by atoms with Gasteiger partial charge in [0.15, 0.2) is 0 Å². The molecule has 0 saturated heterocycles. The molecule has 0 aliphatic carbocycles. The van der Waals surface area contributed by atoms with Gasteiger partial charge in [0.05, 0.1) is 11.8 Å². The summed E-state index contributed by atoms with van der Waals surface area (Å²) in [5.41, 5.74) is -1.64. The summed E-state index contributed by atoms with van der Waals surface area (Å²) in [4.78, 5) is 23.5. The number of aliphatic carboxylic acids is 1. The second-order valence-electron chi connectivity index (χ2n) is 6.44. The van der Waals surface area contributed by atoms with Crippen LogP contribution in [0.15, 0.2) is 12.7 Å². The molecule has 0 aromatic rings. The maximum atomic E-state index is 12.4. The van der Waals surface area contributed by atoms with Crippen molar-refractivity contribution in [3.05, 3.63) is 12.7 Å². The monoisotopic (exact) mass is 270 g/mol. The predicted molar refractivity (Wildman–Crippen MR) is 74.8 cm³/mol. The molecule has 110 valence electrons. The SMILES string of the molecule is C=CC[C@](CC(=O)O)(CC(C)C)C(=O)OC(C)(C)C. The van der Waals surface area contributed by atoms with Gasteiger partial charge in [-0.3, -0.25) is 9.59 Å². The van der Waals surface area contributed by atoms with E-state index in [1.807, 2.05) is 13.8 Å². The van der Waals surface area contributed by atoms with E-state index in [2.05, 4.69) is 6.58 Å². The Hall–Kier alpha value is -1.32. The normalized spacial score (nSPS) is 14.8. The van der Waals surface area contributed by atoms with Crippen LogP contribution in [0.1, 0.15) is 53.9 Å². The quantitative estimate of drug-likeness (QED) is 0.569. The summed E-state index contributed by atoms with van der Waals surface area (Å²) in [7, 11) is 0. The van der Waals surface area contributed by atoms with Crippen molar-refractivity contribution >= 4 is 11.9 Å². The van der Waals surface area contributed by atoms with Crippen LogP contribution in [0.2, 0.25) is 0 Å². The standard InChI is InChI=1S/C15H26O4/c1-7-8-15(9-11(2)3,10-12(16)17)13(18)19-14(4,5)6/h7,11H,1,8-10H2,2-6H3,(H,16,17)/t15-/m1/s1. The molecule has 0 spiro atoms. The van der Waals surface area contributed by atoms with Crippen LogP contribution in [0.4, 0.5) is 0 Å². The number of carbonyl (C=O) groups is 2. The molecule has 0 aliphatic rings. The van der Waals surface area contributed by atoms with Crippen LogP contribution in [0.3, 0.4) is 0 Å².